The third-order valence-corrected chi connectivity index (χ3v) is 3.88. The van der Waals surface area contributed by atoms with Gasteiger partial charge < -0.3 is 14.8 Å². The minimum Gasteiger partial charge on any atom is -0.497 e. The molecule has 4 nitrogen and oxygen atoms in total. The molecule has 0 heterocycles. The second kappa shape index (κ2) is 9.18. The molecule has 0 aromatic heterocycles. The molecule has 0 aliphatic rings. The molecule has 24 heavy (non-hydrogen) atoms. The number of benzene rings is 2. The maximum absolute atomic E-state index is 12.0. The van der Waals surface area contributed by atoms with Gasteiger partial charge in [-0.1, -0.05) is 23.7 Å². The number of ether oxygens (including phenoxy) is 2. The van der Waals surface area contributed by atoms with Crippen molar-refractivity contribution in [1.82, 2.24) is 5.32 Å². The van der Waals surface area contributed by atoms with Crippen molar-refractivity contribution in [2.45, 2.75) is 25.8 Å². The van der Waals surface area contributed by atoms with Gasteiger partial charge in [0.15, 0.2) is 0 Å². The van der Waals surface area contributed by atoms with Gasteiger partial charge in [0.2, 0.25) is 5.91 Å². The molecule has 2 aromatic rings. The maximum Gasteiger partial charge on any atom is 0.220 e. The fourth-order valence-corrected chi connectivity index (χ4v) is 2.37. The molecule has 0 saturated heterocycles. The van der Waals surface area contributed by atoms with Crippen LogP contribution in [0.15, 0.2) is 48.5 Å². The van der Waals surface area contributed by atoms with E-state index in [0.717, 1.165) is 17.1 Å². The fourth-order valence-electron chi connectivity index (χ4n) is 2.24. The first-order chi connectivity index (χ1) is 11.6. The van der Waals surface area contributed by atoms with E-state index in [9.17, 15) is 4.79 Å². The third kappa shape index (κ3) is 5.78. The van der Waals surface area contributed by atoms with E-state index in [1.165, 1.54) is 0 Å². The highest BCUT2D eigenvalue weighted by Crippen LogP contribution is 2.18. The first kappa shape index (κ1) is 18.1. The van der Waals surface area contributed by atoms with E-state index in [-0.39, 0.29) is 11.9 Å². The van der Waals surface area contributed by atoms with Crippen LogP contribution in [0.5, 0.6) is 11.5 Å². The highest BCUT2D eigenvalue weighted by molar-refractivity contribution is 6.30. The molecular formula is C19H22ClNO3. The van der Waals surface area contributed by atoms with Crippen molar-refractivity contribution < 1.29 is 14.3 Å². The van der Waals surface area contributed by atoms with Crippen molar-refractivity contribution in [2.24, 2.45) is 0 Å². The molecular weight excluding hydrogens is 326 g/mol. The highest BCUT2D eigenvalue weighted by Gasteiger charge is 2.09. The maximum atomic E-state index is 12.0. The van der Waals surface area contributed by atoms with Crippen LogP contribution < -0.4 is 14.8 Å². The molecule has 0 aliphatic carbocycles. The Morgan fingerprint density at radius 3 is 2.33 bits per heavy atom. The zero-order valence-electron chi connectivity index (χ0n) is 13.9. The number of carbonyl (C=O) groups excluding carboxylic acids is 1. The van der Waals surface area contributed by atoms with Gasteiger partial charge in [0.25, 0.3) is 0 Å². The van der Waals surface area contributed by atoms with Crippen LogP contribution in [0.1, 0.15) is 31.4 Å². The minimum atomic E-state index is -0.0411. The summed E-state index contributed by atoms with van der Waals surface area (Å²) in [5.41, 5.74) is 1.04. The number of amides is 1. The van der Waals surface area contributed by atoms with Gasteiger partial charge in [-0.2, -0.15) is 0 Å². The lowest BCUT2D eigenvalue weighted by Gasteiger charge is -2.15. The summed E-state index contributed by atoms with van der Waals surface area (Å²) in [4.78, 5) is 12.0. The van der Waals surface area contributed by atoms with Crippen LogP contribution in [0.25, 0.3) is 0 Å². The molecule has 1 atom stereocenters. The van der Waals surface area contributed by atoms with E-state index in [0.29, 0.717) is 24.5 Å². The van der Waals surface area contributed by atoms with Crippen molar-refractivity contribution in [2.75, 3.05) is 13.7 Å². The summed E-state index contributed by atoms with van der Waals surface area (Å²) in [6, 6.07) is 14.8. The highest BCUT2D eigenvalue weighted by atomic mass is 35.5. The van der Waals surface area contributed by atoms with Crippen LogP contribution in [-0.4, -0.2) is 19.6 Å². The van der Waals surface area contributed by atoms with E-state index in [4.69, 9.17) is 21.1 Å². The van der Waals surface area contributed by atoms with Crippen molar-refractivity contribution in [3.63, 3.8) is 0 Å². The predicted molar refractivity (Wildman–Crippen MR) is 95.7 cm³/mol. The molecule has 1 N–H and O–H groups in total. The Balaban J connectivity index is 1.69. The normalized spacial score (nSPS) is 11.6. The summed E-state index contributed by atoms with van der Waals surface area (Å²) in [5.74, 6) is 1.57. The van der Waals surface area contributed by atoms with Gasteiger partial charge in [-0.25, -0.2) is 0 Å². The number of nitrogens with one attached hydrogen (secondary N) is 1. The van der Waals surface area contributed by atoms with Crippen LogP contribution in [0, 0.1) is 0 Å². The Kier molecular flexibility index (Phi) is 6.94. The lowest BCUT2D eigenvalue weighted by Crippen LogP contribution is -2.26. The Hall–Kier alpha value is -2.20. The second-order valence-corrected chi connectivity index (χ2v) is 5.90. The number of hydrogen-bond acceptors (Lipinski definition) is 3. The number of carbonyl (C=O) groups is 1. The largest absolute Gasteiger partial charge is 0.497 e. The molecule has 0 radical (unpaired) electrons. The molecule has 0 spiro atoms. The number of rotatable bonds is 8. The average Bonchev–Trinajstić information content (AvgIpc) is 2.60. The van der Waals surface area contributed by atoms with Crippen molar-refractivity contribution in [3.8, 4) is 11.5 Å². The molecule has 0 bridgehead atoms. The van der Waals surface area contributed by atoms with Gasteiger partial charge in [0.05, 0.1) is 19.8 Å². The number of hydrogen-bond donors (Lipinski definition) is 1. The summed E-state index contributed by atoms with van der Waals surface area (Å²) >= 11 is 5.81. The standard InChI is InChI=1S/C19H22ClNO3/c1-14(15-5-9-17(23-2)10-6-15)21-19(22)4-3-13-24-18-11-7-16(20)8-12-18/h5-12,14H,3-4,13H2,1-2H3,(H,21,22)/t14-/m1/s1. The molecule has 128 valence electrons. The SMILES string of the molecule is COc1ccc([C@@H](C)NC(=O)CCCOc2ccc(Cl)cc2)cc1. The molecule has 0 aliphatic heterocycles. The summed E-state index contributed by atoms with van der Waals surface area (Å²) in [7, 11) is 1.63. The molecule has 0 unspecified atom stereocenters. The van der Waals surface area contributed by atoms with Gasteiger partial charge in [0, 0.05) is 11.4 Å². The van der Waals surface area contributed by atoms with E-state index >= 15 is 0 Å². The first-order valence-corrected chi connectivity index (χ1v) is 8.28. The van der Waals surface area contributed by atoms with Crippen molar-refractivity contribution in [1.29, 1.82) is 0 Å². The summed E-state index contributed by atoms with van der Waals surface area (Å²) in [5, 5.41) is 3.66. The molecule has 2 aromatic carbocycles. The van der Waals surface area contributed by atoms with E-state index in [1.807, 2.05) is 43.3 Å². The number of halogens is 1. The van der Waals surface area contributed by atoms with Crippen LogP contribution in [0.4, 0.5) is 0 Å². The van der Waals surface area contributed by atoms with Crippen molar-refractivity contribution in [3.05, 3.63) is 59.1 Å². The van der Waals surface area contributed by atoms with Crippen LogP contribution in [0.2, 0.25) is 5.02 Å². The summed E-state index contributed by atoms with van der Waals surface area (Å²) < 4.78 is 10.7. The topological polar surface area (TPSA) is 47.6 Å². The van der Waals surface area contributed by atoms with Gasteiger partial charge in [-0.3, -0.25) is 4.79 Å². The zero-order chi connectivity index (χ0) is 17.4. The third-order valence-electron chi connectivity index (χ3n) is 3.62. The smallest absolute Gasteiger partial charge is 0.220 e. The lowest BCUT2D eigenvalue weighted by molar-refractivity contribution is -0.121. The monoisotopic (exact) mass is 347 g/mol. The van der Waals surface area contributed by atoms with Gasteiger partial charge in [-0.05, 0) is 55.3 Å². The van der Waals surface area contributed by atoms with Crippen LogP contribution in [0.3, 0.4) is 0 Å². The molecule has 2 rings (SSSR count). The fraction of sp³-hybridized carbons (Fsp3) is 0.316. The minimum absolute atomic E-state index is 0.0121. The Bertz CT molecular complexity index is 641. The zero-order valence-corrected chi connectivity index (χ0v) is 14.7. The van der Waals surface area contributed by atoms with Crippen LogP contribution >= 0.6 is 11.6 Å². The quantitative estimate of drug-likeness (QED) is 0.721. The van der Waals surface area contributed by atoms with E-state index < -0.39 is 0 Å². The Morgan fingerprint density at radius 2 is 1.71 bits per heavy atom. The van der Waals surface area contributed by atoms with E-state index in [1.54, 1.807) is 19.2 Å². The molecule has 0 fully saturated rings. The van der Waals surface area contributed by atoms with Crippen molar-refractivity contribution >= 4 is 17.5 Å². The summed E-state index contributed by atoms with van der Waals surface area (Å²) in [6.45, 7) is 2.45. The first-order valence-electron chi connectivity index (χ1n) is 7.90. The van der Waals surface area contributed by atoms with E-state index in [2.05, 4.69) is 5.32 Å². The predicted octanol–water partition coefficient (Wildman–Crippen LogP) is 4.39. The van der Waals surface area contributed by atoms with Gasteiger partial charge in [0.1, 0.15) is 11.5 Å². The van der Waals surface area contributed by atoms with Crippen LogP contribution in [-0.2, 0) is 4.79 Å². The number of methoxy groups -OCH3 is 1. The van der Waals surface area contributed by atoms with Gasteiger partial charge >= 0.3 is 0 Å². The summed E-state index contributed by atoms with van der Waals surface area (Å²) in [6.07, 6.45) is 1.08. The lowest BCUT2D eigenvalue weighted by atomic mass is 10.1. The average molecular weight is 348 g/mol. The Labute approximate surface area is 147 Å². The molecule has 1 amide bonds. The van der Waals surface area contributed by atoms with Gasteiger partial charge in [-0.15, -0.1) is 0 Å². The Morgan fingerprint density at radius 1 is 1.08 bits per heavy atom. The molecule has 0 saturated carbocycles. The molecule has 5 heteroatoms. The second-order valence-electron chi connectivity index (χ2n) is 5.47.